The Labute approximate surface area is 131 Å². The van der Waals surface area contributed by atoms with Gasteiger partial charge in [0.05, 0.1) is 18.4 Å². The average Bonchev–Trinajstić information content (AvgIpc) is 2.51. The SMILES string of the molecule is COc1cc(F)c(CN2CCc3nc(C)[nH]c(=O)c3C2)c(F)c1. The summed E-state index contributed by atoms with van der Waals surface area (Å²) >= 11 is 0. The fourth-order valence-electron chi connectivity index (χ4n) is 2.81. The average molecular weight is 321 g/mol. The third-order valence-electron chi connectivity index (χ3n) is 4.00. The number of methoxy groups -OCH3 is 1. The Morgan fingerprint density at radius 1 is 1.35 bits per heavy atom. The van der Waals surface area contributed by atoms with Crippen LogP contribution in [0.25, 0.3) is 0 Å². The predicted octanol–water partition coefficient (Wildman–Crippen LogP) is 1.92. The smallest absolute Gasteiger partial charge is 0.255 e. The largest absolute Gasteiger partial charge is 0.497 e. The van der Waals surface area contributed by atoms with Gasteiger partial charge < -0.3 is 9.72 Å². The molecule has 23 heavy (non-hydrogen) atoms. The van der Waals surface area contributed by atoms with Gasteiger partial charge in [0.15, 0.2) is 0 Å². The highest BCUT2D eigenvalue weighted by atomic mass is 19.1. The van der Waals surface area contributed by atoms with Crippen LogP contribution in [-0.4, -0.2) is 28.5 Å². The lowest BCUT2D eigenvalue weighted by molar-refractivity contribution is 0.234. The highest BCUT2D eigenvalue weighted by molar-refractivity contribution is 5.31. The van der Waals surface area contributed by atoms with Crippen molar-refractivity contribution >= 4 is 0 Å². The normalized spacial score (nSPS) is 14.6. The molecule has 0 aliphatic carbocycles. The molecule has 7 heteroatoms. The van der Waals surface area contributed by atoms with Gasteiger partial charge in [-0.05, 0) is 6.92 Å². The van der Waals surface area contributed by atoms with Crippen LogP contribution < -0.4 is 10.3 Å². The number of benzene rings is 1. The quantitative estimate of drug-likeness (QED) is 0.938. The van der Waals surface area contributed by atoms with Gasteiger partial charge in [-0.3, -0.25) is 9.69 Å². The molecule has 0 saturated heterocycles. The summed E-state index contributed by atoms with van der Waals surface area (Å²) in [7, 11) is 1.36. The number of H-pyrrole nitrogens is 1. The maximum Gasteiger partial charge on any atom is 0.255 e. The fraction of sp³-hybridized carbons (Fsp3) is 0.375. The molecule has 0 atom stereocenters. The van der Waals surface area contributed by atoms with Crippen molar-refractivity contribution in [2.75, 3.05) is 13.7 Å². The zero-order chi connectivity index (χ0) is 16.6. The molecule has 0 unspecified atom stereocenters. The van der Waals surface area contributed by atoms with Gasteiger partial charge in [0.1, 0.15) is 23.2 Å². The third kappa shape index (κ3) is 3.10. The maximum absolute atomic E-state index is 14.1. The van der Waals surface area contributed by atoms with Crippen molar-refractivity contribution in [3.8, 4) is 5.75 Å². The molecule has 122 valence electrons. The summed E-state index contributed by atoms with van der Waals surface area (Å²) in [5.41, 5.74) is 1.12. The van der Waals surface area contributed by atoms with Gasteiger partial charge in [0.25, 0.3) is 5.56 Å². The van der Waals surface area contributed by atoms with Crippen molar-refractivity contribution in [2.45, 2.75) is 26.4 Å². The van der Waals surface area contributed by atoms with Crippen molar-refractivity contribution in [1.29, 1.82) is 0 Å². The molecule has 3 rings (SSSR count). The van der Waals surface area contributed by atoms with E-state index in [0.717, 1.165) is 17.8 Å². The number of nitrogens with zero attached hydrogens (tertiary/aromatic N) is 2. The van der Waals surface area contributed by atoms with Gasteiger partial charge in [-0.25, -0.2) is 13.8 Å². The number of hydrogen-bond acceptors (Lipinski definition) is 4. The molecule has 0 radical (unpaired) electrons. The number of nitrogens with one attached hydrogen (secondary N) is 1. The van der Waals surface area contributed by atoms with E-state index in [9.17, 15) is 13.6 Å². The van der Waals surface area contributed by atoms with E-state index in [4.69, 9.17) is 4.74 Å². The fourth-order valence-corrected chi connectivity index (χ4v) is 2.81. The van der Waals surface area contributed by atoms with Crippen LogP contribution in [0.2, 0.25) is 0 Å². The molecule has 1 aliphatic rings. The molecule has 1 N–H and O–H groups in total. The van der Waals surface area contributed by atoms with Crippen LogP contribution in [0.4, 0.5) is 8.78 Å². The Balaban J connectivity index is 1.84. The molecular formula is C16H17F2N3O2. The van der Waals surface area contributed by atoms with E-state index in [1.807, 2.05) is 4.90 Å². The maximum atomic E-state index is 14.1. The van der Waals surface area contributed by atoms with Crippen LogP contribution >= 0.6 is 0 Å². The summed E-state index contributed by atoms with van der Waals surface area (Å²) in [4.78, 5) is 20.8. The second kappa shape index (κ2) is 6.08. The molecule has 0 bridgehead atoms. The van der Waals surface area contributed by atoms with Crippen molar-refractivity contribution in [3.63, 3.8) is 0 Å². The highest BCUT2D eigenvalue weighted by Crippen LogP contribution is 2.23. The molecule has 0 fully saturated rings. The van der Waals surface area contributed by atoms with Gasteiger partial charge in [-0.2, -0.15) is 0 Å². The molecule has 1 aliphatic heterocycles. The van der Waals surface area contributed by atoms with E-state index in [-0.39, 0.29) is 23.4 Å². The zero-order valence-corrected chi connectivity index (χ0v) is 12.9. The molecule has 1 aromatic carbocycles. The van der Waals surface area contributed by atoms with Gasteiger partial charge in [-0.1, -0.05) is 0 Å². The van der Waals surface area contributed by atoms with Crippen LogP contribution in [0.15, 0.2) is 16.9 Å². The van der Waals surface area contributed by atoms with Gasteiger partial charge in [-0.15, -0.1) is 0 Å². The minimum Gasteiger partial charge on any atom is -0.497 e. The number of fused-ring (bicyclic) bond motifs is 1. The summed E-state index contributed by atoms with van der Waals surface area (Å²) in [6.07, 6.45) is 0.583. The molecule has 0 saturated carbocycles. The summed E-state index contributed by atoms with van der Waals surface area (Å²) in [5, 5.41) is 0. The van der Waals surface area contributed by atoms with Crippen LogP contribution in [0.1, 0.15) is 22.6 Å². The van der Waals surface area contributed by atoms with Crippen LogP contribution in [0.3, 0.4) is 0 Å². The van der Waals surface area contributed by atoms with Gasteiger partial charge in [0.2, 0.25) is 0 Å². The summed E-state index contributed by atoms with van der Waals surface area (Å²) in [6.45, 7) is 2.74. The van der Waals surface area contributed by atoms with E-state index in [2.05, 4.69) is 9.97 Å². The number of rotatable bonds is 3. The van der Waals surface area contributed by atoms with Crippen molar-refractivity contribution in [1.82, 2.24) is 14.9 Å². The summed E-state index contributed by atoms with van der Waals surface area (Å²) in [5.74, 6) is -0.578. The van der Waals surface area contributed by atoms with E-state index < -0.39 is 11.6 Å². The second-order valence-electron chi connectivity index (χ2n) is 5.61. The number of ether oxygens (including phenoxy) is 1. The Morgan fingerprint density at radius 2 is 2.04 bits per heavy atom. The molecular weight excluding hydrogens is 304 g/mol. The topological polar surface area (TPSA) is 58.2 Å². The summed E-state index contributed by atoms with van der Waals surface area (Å²) in [6, 6.07) is 2.32. The minimum atomic E-state index is -0.649. The lowest BCUT2D eigenvalue weighted by Gasteiger charge is -2.27. The number of aryl methyl sites for hydroxylation is 1. The lowest BCUT2D eigenvalue weighted by atomic mass is 10.1. The second-order valence-corrected chi connectivity index (χ2v) is 5.61. The number of hydrogen-bond donors (Lipinski definition) is 1. The van der Waals surface area contributed by atoms with Crippen molar-refractivity contribution in [3.05, 3.63) is 56.8 Å². The van der Waals surface area contributed by atoms with Crippen LogP contribution in [0.5, 0.6) is 5.75 Å². The molecule has 2 heterocycles. The monoisotopic (exact) mass is 321 g/mol. The zero-order valence-electron chi connectivity index (χ0n) is 12.9. The highest BCUT2D eigenvalue weighted by Gasteiger charge is 2.23. The van der Waals surface area contributed by atoms with E-state index in [1.54, 1.807) is 6.92 Å². The van der Waals surface area contributed by atoms with E-state index in [0.29, 0.717) is 30.9 Å². The molecule has 0 spiro atoms. The predicted molar refractivity (Wildman–Crippen MR) is 80.3 cm³/mol. The minimum absolute atomic E-state index is 0.0225. The Morgan fingerprint density at radius 3 is 2.70 bits per heavy atom. The van der Waals surface area contributed by atoms with Crippen molar-refractivity contribution < 1.29 is 13.5 Å². The number of aromatic amines is 1. The third-order valence-corrected chi connectivity index (χ3v) is 4.00. The lowest BCUT2D eigenvalue weighted by Crippen LogP contribution is -2.36. The molecule has 5 nitrogen and oxygen atoms in total. The first kappa shape index (κ1) is 15.6. The number of aromatic nitrogens is 2. The first-order valence-corrected chi connectivity index (χ1v) is 7.31. The number of halogens is 2. The standard InChI is InChI=1S/C16H17F2N3O2/c1-9-19-15-3-4-21(8-12(15)16(22)20-9)7-11-13(17)5-10(23-2)6-14(11)18/h5-6H,3-4,7-8H2,1-2H3,(H,19,20,22). The molecule has 2 aromatic rings. The summed E-state index contributed by atoms with van der Waals surface area (Å²) < 4.78 is 33.0. The Kier molecular flexibility index (Phi) is 4.12. The van der Waals surface area contributed by atoms with Crippen molar-refractivity contribution in [2.24, 2.45) is 0 Å². The first-order valence-electron chi connectivity index (χ1n) is 7.31. The van der Waals surface area contributed by atoms with Crippen LogP contribution in [0, 0.1) is 18.6 Å². The van der Waals surface area contributed by atoms with Gasteiger partial charge in [0, 0.05) is 43.8 Å². The van der Waals surface area contributed by atoms with Crippen LogP contribution in [-0.2, 0) is 19.5 Å². The Bertz CT molecular complexity index is 781. The molecule has 1 aromatic heterocycles. The van der Waals surface area contributed by atoms with E-state index in [1.165, 1.54) is 7.11 Å². The van der Waals surface area contributed by atoms with Gasteiger partial charge >= 0.3 is 0 Å². The Hall–Kier alpha value is -2.28. The first-order chi connectivity index (χ1) is 11.0. The van der Waals surface area contributed by atoms with E-state index >= 15 is 0 Å². The molecule has 0 amide bonds.